The van der Waals surface area contributed by atoms with Crippen molar-refractivity contribution in [1.82, 2.24) is 34.8 Å². The molecule has 5 rings (SSSR count). The molecule has 0 unspecified atom stereocenters. The fourth-order valence-corrected chi connectivity index (χ4v) is 4.52. The second-order valence-corrected chi connectivity index (χ2v) is 10.2. The van der Waals surface area contributed by atoms with E-state index in [0.29, 0.717) is 16.7 Å². The molecule has 206 valence electrons. The minimum Gasteiger partial charge on any atom is -0.383 e. The fourth-order valence-electron chi connectivity index (χ4n) is 4.52. The molecular weight excluding hydrogens is 521 g/mol. The van der Waals surface area contributed by atoms with Crippen LogP contribution in [0.2, 0.25) is 0 Å². The number of nitrogens with two attached hydrogens (primary N) is 1. The maximum Gasteiger partial charge on any atom is 0.434 e. The summed E-state index contributed by atoms with van der Waals surface area (Å²) in [5, 5.41) is 11.8. The number of hydrogen-bond donors (Lipinski definition) is 2. The van der Waals surface area contributed by atoms with Crippen molar-refractivity contribution >= 4 is 22.8 Å². The van der Waals surface area contributed by atoms with Crippen LogP contribution in [-0.4, -0.2) is 42.0 Å². The van der Waals surface area contributed by atoms with E-state index in [2.05, 4.69) is 20.4 Å². The molecule has 12 heteroatoms. The molecule has 0 saturated carbocycles. The summed E-state index contributed by atoms with van der Waals surface area (Å²) in [4.78, 5) is 21.6. The highest BCUT2D eigenvalue weighted by Crippen LogP contribution is 2.35. The summed E-state index contributed by atoms with van der Waals surface area (Å²) in [6, 6.07) is 14.2. The zero-order valence-corrected chi connectivity index (χ0v) is 22.3. The molecule has 0 spiro atoms. The first kappa shape index (κ1) is 26.9. The Bertz CT molecular complexity index is 1720. The number of anilines is 1. The molecule has 3 N–H and O–H groups in total. The minimum absolute atomic E-state index is 0.0627. The third-order valence-corrected chi connectivity index (χ3v) is 6.60. The molecule has 0 fully saturated rings. The number of aromatic nitrogens is 6. The third kappa shape index (κ3) is 4.88. The van der Waals surface area contributed by atoms with E-state index in [9.17, 15) is 18.0 Å². The Hall–Kier alpha value is -4.74. The summed E-state index contributed by atoms with van der Waals surface area (Å²) in [5.41, 5.74) is 7.39. The quantitative estimate of drug-likeness (QED) is 0.306. The molecule has 0 aliphatic rings. The summed E-state index contributed by atoms with van der Waals surface area (Å²) in [5.74, 6) is -0.672. The van der Waals surface area contributed by atoms with Crippen molar-refractivity contribution < 1.29 is 18.0 Å². The van der Waals surface area contributed by atoms with E-state index in [1.165, 1.54) is 12.4 Å². The first-order valence-corrected chi connectivity index (χ1v) is 12.4. The van der Waals surface area contributed by atoms with E-state index in [4.69, 9.17) is 10.8 Å². The SMILES string of the molecule is Cc1ccc(-c2nn(C(C)(C)CNC(=O)c3cnn(-c4cccc(C)c4)c3C(F)(F)F)c3ncnc(N)c23)cc1. The van der Waals surface area contributed by atoms with Crippen LogP contribution in [0.15, 0.2) is 61.1 Å². The van der Waals surface area contributed by atoms with Crippen molar-refractivity contribution in [3.05, 3.63) is 83.4 Å². The van der Waals surface area contributed by atoms with Crippen LogP contribution in [0, 0.1) is 13.8 Å². The molecule has 0 aliphatic carbocycles. The largest absolute Gasteiger partial charge is 0.434 e. The van der Waals surface area contributed by atoms with Crippen LogP contribution in [0.5, 0.6) is 0 Å². The van der Waals surface area contributed by atoms with Gasteiger partial charge in [-0.05, 0) is 45.4 Å². The molecule has 0 radical (unpaired) electrons. The van der Waals surface area contributed by atoms with Gasteiger partial charge in [-0.15, -0.1) is 0 Å². The molecule has 0 bridgehead atoms. The lowest BCUT2D eigenvalue weighted by Gasteiger charge is -2.26. The molecule has 0 saturated heterocycles. The number of hydrogen-bond acceptors (Lipinski definition) is 6. The van der Waals surface area contributed by atoms with Crippen molar-refractivity contribution in [2.24, 2.45) is 0 Å². The van der Waals surface area contributed by atoms with Gasteiger partial charge in [0, 0.05) is 12.1 Å². The van der Waals surface area contributed by atoms with Crippen molar-refractivity contribution in [1.29, 1.82) is 0 Å². The van der Waals surface area contributed by atoms with Crippen molar-refractivity contribution in [2.75, 3.05) is 12.3 Å². The number of carbonyl (C=O) groups is 1. The monoisotopic (exact) mass is 548 g/mol. The minimum atomic E-state index is -4.82. The first-order chi connectivity index (χ1) is 18.9. The highest BCUT2D eigenvalue weighted by molar-refractivity contribution is 5.98. The highest BCUT2D eigenvalue weighted by atomic mass is 19.4. The molecule has 0 atom stereocenters. The van der Waals surface area contributed by atoms with Crippen LogP contribution in [-0.2, 0) is 11.7 Å². The predicted molar refractivity (Wildman–Crippen MR) is 145 cm³/mol. The third-order valence-electron chi connectivity index (χ3n) is 6.60. The van der Waals surface area contributed by atoms with Gasteiger partial charge in [0.1, 0.15) is 17.8 Å². The molecule has 3 aromatic heterocycles. The lowest BCUT2D eigenvalue weighted by atomic mass is 10.1. The second-order valence-electron chi connectivity index (χ2n) is 10.2. The van der Waals surface area contributed by atoms with E-state index in [1.54, 1.807) is 43.7 Å². The van der Waals surface area contributed by atoms with Gasteiger partial charge in [-0.2, -0.15) is 23.4 Å². The summed E-state index contributed by atoms with van der Waals surface area (Å²) < 4.78 is 44.8. The van der Waals surface area contributed by atoms with Crippen molar-refractivity contribution in [2.45, 2.75) is 39.4 Å². The highest BCUT2D eigenvalue weighted by Gasteiger charge is 2.41. The Morgan fingerprint density at radius 2 is 1.75 bits per heavy atom. The lowest BCUT2D eigenvalue weighted by molar-refractivity contribution is -0.143. The van der Waals surface area contributed by atoms with Gasteiger partial charge in [0.2, 0.25) is 0 Å². The maximum atomic E-state index is 14.1. The predicted octanol–water partition coefficient (Wildman–Crippen LogP) is 5.06. The number of nitrogens with one attached hydrogen (secondary N) is 1. The molecule has 0 aliphatic heterocycles. The standard InChI is InChI=1S/C28H27F3N8O/c1-16-8-10-18(11-9-16)22-21-24(32)34-15-35-25(21)39(37-22)27(3,4)14-33-26(40)20-13-36-38(23(20)28(29,30)31)19-7-5-6-17(2)12-19/h5-13,15H,14H2,1-4H3,(H,33,40)(H2,32,34,35). The van der Waals surface area contributed by atoms with E-state index in [0.717, 1.165) is 27.6 Å². The van der Waals surface area contributed by atoms with Gasteiger partial charge >= 0.3 is 6.18 Å². The van der Waals surface area contributed by atoms with Gasteiger partial charge in [0.05, 0.1) is 28.4 Å². The molecule has 1 amide bonds. The van der Waals surface area contributed by atoms with Gasteiger partial charge in [0.25, 0.3) is 5.91 Å². The molecule has 40 heavy (non-hydrogen) atoms. The number of fused-ring (bicyclic) bond motifs is 1. The first-order valence-electron chi connectivity index (χ1n) is 12.4. The molecular formula is C28H27F3N8O. The molecule has 3 heterocycles. The lowest BCUT2D eigenvalue weighted by Crippen LogP contribution is -2.42. The topological polar surface area (TPSA) is 117 Å². The van der Waals surface area contributed by atoms with Gasteiger partial charge in [0.15, 0.2) is 11.3 Å². The Labute approximate surface area is 227 Å². The van der Waals surface area contributed by atoms with Crippen LogP contribution in [0.3, 0.4) is 0 Å². The number of aryl methyl sites for hydroxylation is 2. The molecule has 5 aromatic rings. The fraction of sp³-hybridized carbons (Fsp3) is 0.250. The number of rotatable bonds is 6. The van der Waals surface area contributed by atoms with Gasteiger partial charge < -0.3 is 11.1 Å². The molecule has 9 nitrogen and oxygen atoms in total. The van der Waals surface area contributed by atoms with Crippen molar-refractivity contribution in [3.8, 4) is 16.9 Å². The zero-order valence-electron chi connectivity index (χ0n) is 22.3. The summed E-state index contributed by atoms with van der Waals surface area (Å²) in [6.45, 7) is 7.25. The Balaban J connectivity index is 1.48. The van der Waals surface area contributed by atoms with Gasteiger partial charge in [-0.25, -0.2) is 19.3 Å². The van der Waals surface area contributed by atoms with E-state index in [1.807, 2.05) is 31.2 Å². The number of halogens is 3. The van der Waals surface area contributed by atoms with Crippen LogP contribution >= 0.6 is 0 Å². The number of amides is 1. The number of benzene rings is 2. The summed E-state index contributed by atoms with van der Waals surface area (Å²) in [7, 11) is 0. The average molecular weight is 549 g/mol. The Morgan fingerprint density at radius 1 is 1.02 bits per heavy atom. The second kappa shape index (κ2) is 9.78. The van der Waals surface area contributed by atoms with Gasteiger partial charge in [-0.3, -0.25) is 4.79 Å². The summed E-state index contributed by atoms with van der Waals surface area (Å²) >= 11 is 0. The van der Waals surface area contributed by atoms with E-state index >= 15 is 0 Å². The normalized spacial score (nSPS) is 12.2. The van der Waals surface area contributed by atoms with Crippen molar-refractivity contribution in [3.63, 3.8) is 0 Å². The van der Waals surface area contributed by atoms with Gasteiger partial charge in [-0.1, -0.05) is 42.0 Å². The van der Waals surface area contributed by atoms with Crippen LogP contribution < -0.4 is 11.1 Å². The Kier molecular flexibility index (Phi) is 6.56. The van der Waals surface area contributed by atoms with Crippen LogP contribution in [0.1, 0.15) is 41.0 Å². The number of nitrogen functional groups attached to an aromatic ring is 1. The van der Waals surface area contributed by atoms with E-state index < -0.39 is 28.9 Å². The number of nitrogens with zero attached hydrogens (tertiary/aromatic N) is 6. The van der Waals surface area contributed by atoms with Crippen LogP contribution in [0.25, 0.3) is 28.0 Å². The molecule has 2 aromatic carbocycles. The smallest absolute Gasteiger partial charge is 0.383 e. The average Bonchev–Trinajstić information content (AvgIpc) is 3.52. The number of carbonyl (C=O) groups excluding carboxylic acids is 1. The Morgan fingerprint density at radius 3 is 2.42 bits per heavy atom. The zero-order chi connectivity index (χ0) is 28.8. The maximum absolute atomic E-state index is 14.1. The number of alkyl halides is 3. The van der Waals surface area contributed by atoms with Crippen LogP contribution in [0.4, 0.5) is 19.0 Å². The summed E-state index contributed by atoms with van der Waals surface area (Å²) in [6.07, 6.45) is -2.57. The van der Waals surface area contributed by atoms with E-state index in [-0.39, 0.29) is 18.1 Å².